The first-order valence-corrected chi connectivity index (χ1v) is 10.2. The minimum atomic E-state index is -0.187. The Labute approximate surface area is 177 Å². The molecule has 8 heteroatoms. The van der Waals surface area contributed by atoms with Gasteiger partial charge in [0, 0.05) is 17.1 Å². The summed E-state index contributed by atoms with van der Waals surface area (Å²) in [5.74, 6) is 1.23. The van der Waals surface area contributed by atoms with E-state index in [9.17, 15) is 4.79 Å². The molecule has 0 atom stereocenters. The molecular formula is C22H20N4O3S. The van der Waals surface area contributed by atoms with Crippen LogP contribution in [0.1, 0.15) is 21.7 Å². The molecule has 152 valence electrons. The molecule has 4 aromatic rings. The molecule has 1 amide bonds. The van der Waals surface area contributed by atoms with Crippen LogP contribution in [0.5, 0.6) is 11.5 Å². The smallest absolute Gasteiger partial charge is 0.251 e. The average molecular weight is 420 g/mol. The van der Waals surface area contributed by atoms with E-state index in [0.29, 0.717) is 24.5 Å². The molecule has 0 saturated carbocycles. The number of hydrogen-bond acceptors (Lipinski definition) is 6. The summed E-state index contributed by atoms with van der Waals surface area (Å²) in [5, 5.41) is 9.33. The van der Waals surface area contributed by atoms with E-state index in [1.807, 2.05) is 48.0 Å². The predicted molar refractivity (Wildman–Crippen MR) is 114 cm³/mol. The van der Waals surface area contributed by atoms with E-state index < -0.39 is 0 Å². The molecule has 30 heavy (non-hydrogen) atoms. The number of carbonyl (C=O) groups is 1. The molecule has 7 nitrogen and oxygen atoms in total. The number of rotatable bonds is 8. The van der Waals surface area contributed by atoms with Crippen molar-refractivity contribution in [3.05, 3.63) is 88.6 Å². The van der Waals surface area contributed by atoms with E-state index >= 15 is 0 Å². The Morgan fingerprint density at radius 2 is 1.97 bits per heavy atom. The van der Waals surface area contributed by atoms with Gasteiger partial charge >= 0.3 is 0 Å². The van der Waals surface area contributed by atoms with Crippen LogP contribution in [0.15, 0.2) is 71.7 Å². The molecule has 0 aliphatic carbocycles. The lowest BCUT2D eigenvalue weighted by atomic mass is 10.2. The zero-order valence-electron chi connectivity index (χ0n) is 16.3. The van der Waals surface area contributed by atoms with Crippen molar-refractivity contribution in [3.8, 4) is 17.2 Å². The summed E-state index contributed by atoms with van der Waals surface area (Å²) in [6, 6.07) is 16.6. The molecule has 0 radical (unpaired) electrons. The molecule has 4 rings (SSSR count). The number of methoxy groups -OCH3 is 1. The maximum absolute atomic E-state index is 12.5. The first-order chi connectivity index (χ1) is 14.7. The highest BCUT2D eigenvalue weighted by Gasteiger charge is 2.09. The third-order valence-electron chi connectivity index (χ3n) is 4.38. The van der Waals surface area contributed by atoms with Crippen LogP contribution in [-0.2, 0) is 13.2 Å². The van der Waals surface area contributed by atoms with Crippen molar-refractivity contribution in [2.75, 3.05) is 7.11 Å². The summed E-state index contributed by atoms with van der Waals surface area (Å²) in [6.45, 7) is 0.698. The highest BCUT2D eigenvalue weighted by atomic mass is 32.1. The number of amides is 1. The maximum atomic E-state index is 12.5. The zero-order chi connectivity index (χ0) is 20.8. The fourth-order valence-corrected chi connectivity index (χ4v) is 3.34. The van der Waals surface area contributed by atoms with Crippen LogP contribution in [0.3, 0.4) is 0 Å². The fraction of sp³-hybridized carbons (Fsp3) is 0.136. The van der Waals surface area contributed by atoms with Gasteiger partial charge in [-0.3, -0.25) is 4.79 Å². The second-order valence-electron chi connectivity index (χ2n) is 6.43. The molecule has 0 spiro atoms. The Kier molecular flexibility index (Phi) is 6.05. The molecule has 2 aromatic heterocycles. The second kappa shape index (κ2) is 9.23. The van der Waals surface area contributed by atoms with Gasteiger partial charge in [-0.25, -0.2) is 9.67 Å². The van der Waals surface area contributed by atoms with Crippen molar-refractivity contribution in [1.82, 2.24) is 20.1 Å². The number of ether oxygens (including phenoxy) is 2. The van der Waals surface area contributed by atoms with Crippen LogP contribution >= 0.6 is 11.3 Å². The molecule has 1 N–H and O–H groups in total. The molecular weight excluding hydrogens is 400 g/mol. The molecule has 2 heterocycles. The largest absolute Gasteiger partial charge is 0.497 e. The lowest BCUT2D eigenvalue weighted by molar-refractivity contribution is 0.0950. The third-order valence-corrected chi connectivity index (χ3v) is 5.01. The first-order valence-electron chi connectivity index (χ1n) is 9.28. The van der Waals surface area contributed by atoms with Crippen LogP contribution in [0.25, 0.3) is 5.69 Å². The van der Waals surface area contributed by atoms with Crippen LogP contribution in [0.2, 0.25) is 0 Å². The Morgan fingerprint density at radius 3 is 2.73 bits per heavy atom. The van der Waals surface area contributed by atoms with Crippen molar-refractivity contribution in [3.63, 3.8) is 0 Å². The number of aromatic nitrogens is 3. The van der Waals surface area contributed by atoms with Gasteiger partial charge in [0.2, 0.25) is 0 Å². The third kappa shape index (κ3) is 4.84. The lowest BCUT2D eigenvalue weighted by Gasteiger charge is -2.07. The molecule has 0 aliphatic heterocycles. The molecule has 0 saturated heterocycles. The van der Waals surface area contributed by atoms with Gasteiger partial charge in [0.05, 0.1) is 36.2 Å². The van der Waals surface area contributed by atoms with E-state index in [1.54, 1.807) is 35.5 Å². The first kappa shape index (κ1) is 19.7. The summed E-state index contributed by atoms with van der Waals surface area (Å²) in [6.07, 6.45) is 1.86. The van der Waals surface area contributed by atoms with Gasteiger partial charge in [0.25, 0.3) is 5.91 Å². The van der Waals surface area contributed by atoms with Crippen LogP contribution in [0, 0.1) is 0 Å². The molecule has 0 unspecified atom stereocenters. The summed E-state index contributed by atoms with van der Waals surface area (Å²) in [7, 11) is 1.63. The highest BCUT2D eigenvalue weighted by molar-refractivity contribution is 7.07. The van der Waals surface area contributed by atoms with Crippen molar-refractivity contribution in [2.24, 2.45) is 0 Å². The van der Waals surface area contributed by atoms with E-state index in [4.69, 9.17) is 9.47 Å². The maximum Gasteiger partial charge on any atom is 0.251 e. The van der Waals surface area contributed by atoms with Crippen molar-refractivity contribution < 1.29 is 14.3 Å². The SMILES string of the molecule is COc1ccc(-n2ccc(CNC(=O)c3cccc(OCc4cscn4)c3)n2)cc1. The fourth-order valence-electron chi connectivity index (χ4n) is 2.80. The van der Waals surface area contributed by atoms with Crippen LogP contribution in [0.4, 0.5) is 0 Å². The van der Waals surface area contributed by atoms with Gasteiger partial charge in [0.1, 0.15) is 18.1 Å². The van der Waals surface area contributed by atoms with Gasteiger partial charge in [-0.15, -0.1) is 11.3 Å². The standard InChI is InChI=1S/C22H20N4O3S/c1-28-20-7-5-19(6-8-20)26-10-9-17(25-26)12-23-22(27)16-3-2-4-21(11-16)29-13-18-14-30-15-24-18/h2-11,14-15H,12-13H2,1H3,(H,23,27). The van der Waals surface area contributed by atoms with Crippen molar-refractivity contribution in [1.29, 1.82) is 0 Å². The molecule has 0 aliphatic rings. The quantitative estimate of drug-likeness (QED) is 0.469. The second-order valence-corrected chi connectivity index (χ2v) is 7.15. The van der Waals surface area contributed by atoms with Crippen LogP contribution < -0.4 is 14.8 Å². The summed E-state index contributed by atoms with van der Waals surface area (Å²) >= 11 is 1.52. The molecule has 0 bridgehead atoms. The van der Waals surface area contributed by atoms with Gasteiger partial charge in [-0.2, -0.15) is 5.10 Å². The van der Waals surface area contributed by atoms with Gasteiger partial charge in [-0.1, -0.05) is 6.07 Å². The minimum absolute atomic E-state index is 0.187. The average Bonchev–Trinajstić information content (AvgIpc) is 3.48. The topological polar surface area (TPSA) is 78.3 Å². The summed E-state index contributed by atoms with van der Waals surface area (Å²) in [5.41, 5.74) is 4.83. The normalized spacial score (nSPS) is 10.6. The number of nitrogens with zero attached hydrogens (tertiary/aromatic N) is 3. The zero-order valence-corrected chi connectivity index (χ0v) is 17.1. The van der Waals surface area contributed by atoms with E-state index in [-0.39, 0.29) is 5.91 Å². The molecule has 0 fully saturated rings. The lowest BCUT2D eigenvalue weighted by Crippen LogP contribution is -2.23. The van der Waals surface area contributed by atoms with Crippen LogP contribution in [-0.4, -0.2) is 27.8 Å². The Morgan fingerprint density at radius 1 is 1.10 bits per heavy atom. The number of nitrogens with one attached hydrogen (secondary N) is 1. The van der Waals surface area contributed by atoms with Crippen molar-refractivity contribution in [2.45, 2.75) is 13.2 Å². The minimum Gasteiger partial charge on any atom is -0.497 e. The van der Waals surface area contributed by atoms with E-state index in [0.717, 1.165) is 22.8 Å². The number of hydrogen-bond donors (Lipinski definition) is 1. The summed E-state index contributed by atoms with van der Waals surface area (Å²) < 4.78 is 12.6. The Hall–Kier alpha value is -3.65. The van der Waals surface area contributed by atoms with Crippen molar-refractivity contribution >= 4 is 17.2 Å². The number of carbonyl (C=O) groups excluding carboxylic acids is 1. The van der Waals surface area contributed by atoms with E-state index in [2.05, 4.69) is 15.4 Å². The summed E-state index contributed by atoms with van der Waals surface area (Å²) in [4.78, 5) is 16.7. The predicted octanol–water partition coefficient (Wildman–Crippen LogP) is 3.85. The van der Waals surface area contributed by atoms with Gasteiger partial charge in [0.15, 0.2) is 0 Å². The highest BCUT2D eigenvalue weighted by Crippen LogP contribution is 2.16. The van der Waals surface area contributed by atoms with Gasteiger partial charge in [-0.05, 0) is 48.5 Å². The monoisotopic (exact) mass is 420 g/mol. The van der Waals surface area contributed by atoms with Gasteiger partial charge < -0.3 is 14.8 Å². The van der Waals surface area contributed by atoms with E-state index in [1.165, 1.54) is 11.3 Å². The Bertz CT molecular complexity index is 1110. The number of thiazole rings is 1. The molecule has 2 aromatic carbocycles. The Balaban J connectivity index is 1.34. The number of benzene rings is 2.